The lowest BCUT2D eigenvalue weighted by Gasteiger charge is -2.03. The molecule has 4 heteroatoms. The van der Waals surface area contributed by atoms with Crippen molar-refractivity contribution in [1.82, 2.24) is 4.98 Å². The van der Waals surface area contributed by atoms with Crippen molar-refractivity contribution < 1.29 is 4.79 Å². The summed E-state index contributed by atoms with van der Waals surface area (Å²) in [7, 11) is 0. The Kier molecular flexibility index (Phi) is 4.13. The maximum Gasteiger partial charge on any atom is 0.185 e. The van der Waals surface area contributed by atoms with Crippen LogP contribution in [0.1, 0.15) is 21.5 Å². The molecule has 3 rings (SSSR count). The van der Waals surface area contributed by atoms with Gasteiger partial charge in [0.25, 0.3) is 0 Å². The number of aromatic nitrogens is 1. The van der Waals surface area contributed by atoms with E-state index in [-0.39, 0.29) is 5.78 Å². The van der Waals surface area contributed by atoms with Crippen LogP contribution in [0.3, 0.4) is 0 Å². The van der Waals surface area contributed by atoms with Gasteiger partial charge in [0, 0.05) is 22.2 Å². The molecule has 2 aromatic carbocycles. The van der Waals surface area contributed by atoms with Gasteiger partial charge in [-0.2, -0.15) is 0 Å². The van der Waals surface area contributed by atoms with E-state index in [9.17, 15) is 4.79 Å². The summed E-state index contributed by atoms with van der Waals surface area (Å²) in [6.45, 7) is 2.01. The molecular weight excluding hydrogens is 308 g/mol. The first-order chi connectivity index (χ1) is 11.0. The summed E-state index contributed by atoms with van der Waals surface area (Å²) in [5, 5.41) is 1.36. The number of pyridine rings is 1. The molecule has 1 aromatic heterocycles. The van der Waals surface area contributed by atoms with Crippen LogP contribution in [0.15, 0.2) is 54.6 Å². The number of nitrogens with zero attached hydrogens (tertiary/aromatic N) is 1. The number of ketones is 1. The average Bonchev–Trinajstić information content (AvgIpc) is 2.53. The number of benzene rings is 2. The molecule has 0 aliphatic carbocycles. The Bertz CT molecular complexity index is 915. The number of anilines is 1. The van der Waals surface area contributed by atoms with Crippen molar-refractivity contribution in [3.8, 4) is 0 Å². The molecule has 1 heterocycles. The van der Waals surface area contributed by atoms with E-state index in [1.54, 1.807) is 30.3 Å². The first-order valence-electron chi connectivity index (χ1n) is 7.18. The summed E-state index contributed by atoms with van der Waals surface area (Å²) in [4.78, 5) is 16.5. The zero-order chi connectivity index (χ0) is 16.4. The molecule has 0 atom stereocenters. The lowest BCUT2D eigenvalue weighted by atomic mass is 10.1. The number of carbonyl (C=O) groups excluding carboxylic acids is 1. The van der Waals surface area contributed by atoms with Gasteiger partial charge in [-0.1, -0.05) is 23.7 Å². The lowest BCUT2D eigenvalue weighted by Crippen LogP contribution is -1.95. The second-order valence-electron chi connectivity index (χ2n) is 5.38. The second-order valence-corrected chi connectivity index (χ2v) is 5.74. The van der Waals surface area contributed by atoms with Crippen molar-refractivity contribution in [1.29, 1.82) is 0 Å². The molecule has 23 heavy (non-hydrogen) atoms. The quantitative estimate of drug-likeness (QED) is 0.330. The molecule has 0 amide bonds. The van der Waals surface area contributed by atoms with Gasteiger partial charge in [-0.15, -0.1) is 0 Å². The third-order valence-corrected chi connectivity index (χ3v) is 3.87. The summed E-state index contributed by atoms with van der Waals surface area (Å²) in [6, 6.07) is 14.7. The lowest BCUT2D eigenvalue weighted by molar-refractivity contribution is 0.104. The number of fused-ring (bicyclic) bond motifs is 1. The molecule has 114 valence electrons. The minimum Gasteiger partial charge on any atom is -0.399 e. The summed E-state index contributed by atoms with van der Waals surface area (Å²) in [5.74, 6) is -0.106. The Morgan fingerprint density at radius 2 is 1.87 bits per heavy atom. The largest absolute Gasteiger partial charge is 0.399 e. The number of hydrogen-bond acceptors (Lipinski definition) is 3. The molecular formula is C19H15ClN2O. The van der Waals surface area contributed by atoms with E-state index in [2.05, 4.69) is 4.98 Å². The summed E-state index contributed by atoms with van der Waals surface area (Å²) in [6.07, 6.45) is 3.18. The summed E-state index contributed by atoms with van der Waals surface area (Å²) in [5.41, 5.74) is 9.51. The number of nitrogen functional groups attached to an aromatic ring is 1. The van der Waals surface area contributed by atoms with E-state index in [0.29, 0.717) is 22.0 Å². The molecule has 0 aliphatic heterocycles. The summed E-state index contributed by atoms with van der Waals surface area (Å²) >= 11 is 6.22. The van der Waals surface area contributed by atoms with Gasteiger partial charge in [0.15, 0.2) is 5.78 Å². The Hall–Kier alpha value is -2.65. The van der Waals surface area contributed by atoms with E-state index < -0.39 is 0 Å². The van der Waals surface area contributed by atoms with E-state index >= 15 is 0 Å². The molecule has 0 radical (unpaired) electrons. The van der Waals surface area contributed by atoms with Gasteiger partial charge >= 0.3 is 0 Å². The number of carbonyl (C=O) groups is 1. The van der Waals surface area contributed by atoms with Gasteiger partial charge in [-0.25, -0.2) is 4.98 Å². The van der Waals surface area contributed by atoms with Crippen LogP contribution < -0.4 is 5.73 Å². The highest BCUT2D eigenvalue weighted by Crippen LogP contribution is 2.22. The van der Waals surface area contributed by atoms with Crippen molar-refractivity contribution in [3.63, 3.8) is 0 Å². The second kappa shape index (κ2) is 6.23. The van der Waals surface area contributed by atoms with Gasteiger partial charge in [0.1, 0.15) is 5.15 Å². The highest BCUT2D eigenvalue weighted by molar-refractivity contribution is 6.31. The number of halogens is 1. The molecule has 0 saturated heterocycles. The summed E-state index contributed by atoms with van der Waals surface area (Å²) < 4.78 is 0. The van der Waals surface area contributed by atoms with Crippen LogP contribution in [0, 0.1) is 6.92 Å². The molecule has 0 aliphatic rings. The number of hydrogen-bond donors (Lipinski definition) is 1. The first-order valence-corrected chi connectivity index (χ1v) is 7.55. The topological polar surface area (TPSA) is 56.0 Å². The zero-order valence-corrected chi connectivity index (χ0v) is 13.3. The molecule has 0 spiro atoms. The Morgan fingerprint density at radius 3 is 2.61 bits per heavy atom. The predicted octanol–water partition coefficient (Wildman–Crippen LogP) is 4.67. The van der Waals surface area contributed by atoms with Gasteiger partial charge in [0.2, 0.25) is 0 Å². The Labute approximate surface area is 139 Å². The fraction of sp³-hybridized carbons (Fsp3) is 0.0526. The molecule has 3 aromatic rings. The van der Waals surface area contributed by atoms with Crippen LogP contribution in [0.2, 0.25) is 5.15 Å². The van der Waals surface area contributed by atoms with E-state index in [1.807, 2.05) is 31.2 Å². The fourth-order valence-electron chi connectivity index (χ4n) is 2.30. The van der Waals surface area contributed by atoms with Crippen molar-refractivity contribution >= 4 is 40.1 Å². The predicted molar refractivity (Wildman–Crippen MR) is 95.7 cm³/mol. The van der Waals surface area contributed by atoms with Gasteiger partial charge in [-0.3, -0.25) is 4.79 Å². The van der Waals surface area contributed by atoms with Crippen LogP contribution in [-0.2, 0) is 0 Å². The molecule has 0 bridgehead atoms. The molecule has 0 saturated carbocycles. The third kappa shape index (κ3) is 3.41. The first kappa shape index (κ1) is 15.3. The maximum atomic E-state index is 12.2. The third-order valence-electron chi connectivity index (χ3n) is 3.56. The van der Waals surface area contributed by atoms with E-state index in [1.165, 1.54) is 6.08 Å². The van der Waals surface area contributed by atoms with Gasteiger partial charge < -0.3 is 5.73 Å². The van der Waals surface area contributed by atoms with Crippen LogP contribution in [0.4, 0.5) is 5.69 Å². The molecule has 0 unspecified atom stereocenters. The normalized spacial score (nSPS) is 11.2. The average molecular weight is 323 g/mol. The van der Waals surface area contributed by atoms with Gasteiger partial charge in [0.05, 0.1) is 5.52 Å². The Morgan fingerprint density at radius 1 is 1.13 bits per heavy atom. The Balaban J connectivity index is 1.91. The van der Waals surface area contributed by atoms with Crippen molar-refractivity contribution in [2.24, 2.45) is 0 Å². The van der Waals surface area contributed by atoms with Crippen LogP contribution in [-0.4, -0.2) is 10.8 Å². The smallest absolute Gasteiger partial charge is 0.185 e. The standard InChI is InChI=1S/C19H15ClN2O/c1-12-2-3-14-11-15(19(20)22-17(14)10-12)6-9-18(23)13-4-7-16(21)8-5-13/h2-11H,21H2,1H3. The number of aryl methyl sites for hydroxylation is 1. The zero-order valence-electron chi connectivity index (χ0n) is 12.6. The van der Waals surface area contributed by atoms with Crippen LogP contribution >= 0.6 is 11.6 Å². The van der Waals surface area contributed by atoms with E-state index in [0.717, 1.165) is 16.5 Å². The minimum atomic E-state index is -0.106. The monoisotopic (exact) mass is 322 g/mol. The van der Waals surface area contributed by atoms with Crippen molar-refractivity contribution in [2.45, 2.75) is 6.92 Å². The van der Waals surface area contributed by atoms with E-state index in [4.69, 9.17) is 17.3 Å². The van der Waals surface area contributed by atoms with Crippen molar-refractivity contribution in [2.75, 3.05) is 5.73 Å². The SMILES string of the molecule is Cc1ccc2cc(C=CC(=O)c3ccc(N)cc3)c(Cl)nc2c1. The van der Waals surface area contributed by atoms with Gasteiger partial charge in [-0.05, 0) is 61.0 Å². The van der Waals surface area contributed by atoms with Crippen molar-refractivity contribution in [3.05, 3.63) is 76.5 Å². The fourth-order valence-corrected chi connectivity index (χ4v) is 2.50. The van der Waals surface area contributed by atoms with Crippen LogP contribution in [0.25, 0.3) is 17.0 Å². The number of allylic oxidation sites excluding steroid dienone is 1. The maximum absolute atomic E-state index is 12.2. The molecule has 0 fully saturated rings. The highest BCUT2D eigenvalue weighted by atomic mass is 35.5. The number of nitrogens with two attached hydrogens (primary N) is 1. The minimum absolute atomic E-state index is 0.106. The highest BCUT2D eigenvalue weighted by Gasteiger charge is 2.05. The van der Waals surface area contributed by atoms with Crippen LogP contribution in [0.5, 0.6) is 0 Å². The molecule has 2 N–H and O–H groups in total. The number of rotatable bonds is 3. The molecule has 3 nitrogen and oxygen atoms in total.